The second-order valence-electron chi connectivity index (χ2n) is 5.45. The number of nitrogens with zero attached hydrogens (tertiary/aromatic N) is 1. The Morgan fingerprint density at radius 1 is 1.40 bits per heavy atom. The summed E-state index contributed by atoms with van der Waals surface area (Å²) < 4.78 is 20.3. The minimum Gasteiger partial charge on any atom is -0.494 e. The first-order valence-electron chi connectivity index (χ1n) is 7.62. The van der Waals surface area contributed by atoms with Gasteiger partial charge in [-0.25, -0.2) is 9.18 Å². The molecule has 0 spiro atoms. The fourth-order valence-corrected chi connectivity index (χ4v) is 3.15. The van der Waals surface area contributed by atoms with Gasteiger partial charge in [0, 0.05) is 21.3 Å². The van der Waals surface area contributed by atoms with Crippen molar-refractivity contribution in [3.63, 3.8) is 0 Å². The van der Waals surface area contributed by atoms with Gasteiger partial charge in [0.25, 0.3) is 0 Å². The van der Waals surface area contributed by atoms with E-state index in [1.807, 2.05) is 11.8 Å². The summed E-state index contributed by atoms with van der Waals surface area (Å²) in [7, 11) is 1.42. The van der Waals surface area contributed by atoms with Gasteiger partial charge in [0.05, 0.1) is 19.0 Å². The van der Waals surface area contributed by atoms with E-state index in [0.717, 1.165) is 5.70 Å². The Bertz CT molecular complexity index is 921. The SMILES string of the molecule is CCC1=CC(C(=O)O)=C(OC)C2=CC(c3ccc(Br)cc3F)=C=CN12. The first-order chi connectivity index (χ1) is 12.0. The molecule has 4 nitrogen and oxygen atoms in total. The number of ether oxygens (including phenoxy) is 1. The van der Waals surface area contributed by atoms with Crippen LogP contribution in [0.15, 0.2) is 69.5 Å². The summed E-state index contributed by atoms with van der Waals surface area (Å²) in [6, 6.07) is 4.77. The quantitative estimate of drug-likeness (QED) is 0.747. The van der Waals surface area contributed by atoms with E-state index in [2.05, 4.69) is 21.7 Å². The van der Waals surface area contributed by atoms with Gasteiger partial charge >= 0.3 is 5.97 Å². The van der Waals surface area contributed by atoms with Gasteiger partial charge in [-0.2, -0.15) is 0 Å². The van der Waals surface area contributed by atoms with Gasteiger partial charge in [-0.05, 0) is 36.8 Å². The van der Waals surface area contributed by atoms with Crippen LogP contribution >= 0.6 is 15.9 Å². The number of allylic oxidation sites excluding steroid dienone is 3. The molecule has 2 aliphatic heterocycles. The van der Waals surface area contributed by atoms with Crippen LogP contribution in [-0.2, 0) is 9.53 Å². The number of carboxylic acids is 1. The molecule has 25 heavy (non-hydrogen) atoms. The summed E-state index contributed by atoms with van der Waals surface area (Å²) in [6.45, 7) is 1.93. The smallest absolute Gasteiger partial charge is 0.339 e. The summed E-state index contributed by atoms with van der Waals surface area (Å²) in [6.07, 6.45) is 5.59. The van der Waals surface area contributed by atoms with Crippen molar-refractivity contribution in [2.75, 3.05) is 7.11 Å². The second kappa shape index (κ2) is 6.75. The summed E-state index contributed by atoms with van der Waals surface area (Å²) in [4.78, 5) is 13.4. The first kappa shape index (κ1) is 17.3. The van der Waals surface area contributed by atoms with Gasteiger partial charge in [-0.3, -0.25) is 0 Å². The molecule has 0 radical (unpaired) electrons. The van der Waals surface area contributed by atoms with Crippen molar-refractivity contribution in [1.82, 2.24) is 4.90 Å². The molecule has 128 valence electrons. The zero-order chi connectivity index (χ0) is 18.1. The zero-order valence-electron chi connectivity index (χ0n) is 13.6. The molecule has 0 saturated carbocycles. The van der Waals surface area contributed by atoms with Crippen molar-refractivity contribution in [3.8, 4) is 0 Å². The van der Waals surface area contributed by atoms with Gasteiger partial charge in [0.2, 0.25) is 0 Å². The lowest BCUT2D eigenvalue weighted by atomic mass is 9.98. The van der Waals surface area contributed by atoms with Crippen LogP contribution in [0.2, 0.25) is 0 Å². The van der Waals surface area contributed by atoms with E-state index in [4.69, 9.17) is 4.74 Å². The van der Waals surface area contributed by atoms with E-state index in [9.17, 15) is 14.3 Å². The fourth-order valence-electron chi connectivity index (χ4n) is 2.81. The first-order valence-corrected chi connectivity index (χ1v) is 8.41. The van der Waals surface area contributed by atoms with Crippen LogP contribution in [0.1, 0.15) is 18.9 Å². The number of carboxylic acid groups (broad SMARTS) is 1. The molecule has 1 aromatic rings. The standard InChI is InChI=1S/C19H15BrFNO3/c1-3-13-10-15(19(23)24)18(25-2)17-8-11(6-7-22(13)17)14-5-4-12(20)9-16(14)21/h4-5,7-10H,3H2,1-2H3,(H,23,24). The van der Waals surface area contributed by atoms with Crippen molar-refractivity contribution < 1.29 is 19.0 Å². The van der Waals surface area contributed by atoms with Crippen molar-refractivity contribution >= 4 is 27.5 Å². The van der Waals surface area contributed by atoms with Crippen LogP contribution in [0.4, 0.5) is 4.39 Å². The van der Waals surface area contributed by atoms with Crippen LogP contribution in [0.3, 0.4) is 0 Å². The normalized spacial score (nSPS) is 16.2. The maximum Gasteiger partial charge on any atom is 0.339 e. The number of rotatable bonds is 4. The maximum atomic E-state index is 14.3. The Hall–Kier alpha value is -2.56. The molecule has 0 saturated heterocycles. The topological polar surface area (TPSA) is 49.8 Å². The van der Waals surface area contributed by atoms with Gasteiger partial charge in [0.15, 0.2) is 5.76 Å². The van der Waals surface area contributed by atoms with Gasteiger partial charge < -0.3 is 14.7 Å². The van der Waals surface area contributed by atoms with Crippen molar-refractivity contribution in [3.05, 3.63) is 80.9 Å². The average Bonchev–Trinajstić information content (AvgIpc) is 2.59. The Balaban J connectivity index is 2.19. The predicted octanol–water partition coefficient (Wildman–Crippen LogP) is 4.58. The molecule has 0 unspecified atom stereocenters. The van der Waals surface area contributed by atoms with E-state index in [1.165, 1.54) is 13.2 Å². The van der Waals surface area contributed by atoms with E-state index in [-0.39, 0.29) is 17.1 Å². The highest BCUT2D eigenvalue weighted by molar-refractivity contribution is 9.10. The monoisotopic (exact) mass is 403 g/mol. The molecule has 6 heteroatoms. The summed E-state index contributed by atoms with van der Waals surface area (Å²) in [5, 5.41) is 9.47. The van der Waals surface area contributed by atoms with Crippen LogP contribution in [0, 0.1) is 5.82 Å². The molecule has 0 bridgehead atoms. The van der Waals surface area contributed by atoms with Gasteiger partial charge in [-0.15, -0.1) is 0 Å². The number of fused-ring (bicyclic) bond motifs is 1. The largest absolute Gasteiger partial charge is 0.494 e. The number of aliphatic carboxylic acids is 1. The maximum absolute atomic E-state index is 14.3. The molecular weight excluding hydrogens is 389 g/mol. The molecule has 1 N–H and O–H groups in total. The number of hydrogen-bond acceptors (Lipinski definition) is 3. The third kappa shape index (κ3) is 3.06. The molecular formula is C19H15BrFNO3. The lowest BCUT2D eigenvalue weighted by Gasteiger charge is -2.32. The second-order valence-corrected chi connectivity index (χ2v) is 6.37. The number of hydrogen-bond donors (Lipinski definition) is 1. The highest BCUT2D eigenvalue weighted by Crippen LogP contribution is 2.36. The molecule has 0 fully saturated rings. The van der Waals surface area contributed by atoms with Crippen molar-refractivity contribution in [2.24, 2.45) is 0 Å². The molecule has 0 aromatic heterocycles. The predicted molar refractivity (Wildman–Crippen MR) is 95.6 cm³/mol. The number of methoxy groups -OCH3 is 1. The lowest BCUT2D eigenvalue weighted by Crippen LogP contribution is -2.26. The summed E-state index contributed by atoms with van der Waals surface area (Å²) in [5.41, 5.74) is 5.40. The zero-order valence-corrected chi connectivity index (χ0v) is 15.2. The summed E-state index contributed by atoms with van der Waals surface area (Å²) >= 11 is 3.24. The number of carbonyl (C=O) groups is 1. The number of halogens is 2. The highest BCUT2D eigenvalue weighted by Gasteiger charge is 2.29. The van der Waals surface area contributed by atoms with Crippen LogP contribution in [0.5, 0.6) is 0 Å². The van der Waals surface area contributed by atoms with Gasteiger partial charge in [0.1, 0.15) is 11.4 Å². The minimum absolute atomic E-state index is 0.0766. The highest BCUT2D eigenvalue weighted by atomic mass is 79.9. The Morgan fingerprint density at radius 2 is 2.16 bits per heavy atom. The molecule has 2 aliphatic rings. The molecule has 0 amide bonds. The van der Waals surface area contributed by atoms with Crippen LogP contribution < -0.4 is 0 Å². The minimum atomic E-state index is -1.07. The third-order valence-electron chi connectivity index (χ3n) is 4.01. The molecule has 3 rings (SSSR count). The van der Waals surface area contributed by atoms with E-state index in [1.54, 1.807) is 30.5 Å². The Labute approximate surface area is 153 Å². The van der Waals surface area contributed by atoms with Crippen molar-refractivity contribution in [1.29, 1.82) is 0 Å². The van der Waals surface area contributed by atoms with Crippen molar-refractivity contribution in [2.45, 2.75) is 13.3 Å². The van der Waals surface area contributed by atoms with Crippen LogP contribution in [-0.4, -0.2) is 23.1 Å². The molecule has 0 atom stereocenters. The van der Waals surface area contributed by atoms with Gasteiger partial charge in [-0.1, -0.05) is 28.6 Å². The van der Waals surface area contributed by atoms with E-state index < -0.39 is 5.97 Å². The molecule has 2 heterocycles. The third-order valence-corrected chi connectivity index (χ3v) is 4.50. The Kier molecular flexibility index (Phi) is 4.66. The summed E-state index contributed by atoms with van der Waals surface area (Å²) in [5.74, 6) is -1.23. The molecule has 0 aliphatic carbocycles. The lowest BCUT2D eigenvalue weighted by molar-refractivity contribution is -0.132. The fraction of sp³-hybridized carbons (Fsp3) is 0.158. The molecule has 1 aromatic carbocycles. The average molecular weight is 404 g/mol. The Morgan fingerprint density at radius 3 is 2.76 bits per heavy atom. The van der Waals surface area contributed by atoms with E-state index in [0.29, 0.717) is 27.7 Å². The van der Waals surface area contributed by atoms with E-state index >= 15 is 0 Å². The number of benzene rings is 1. The van der Waals surface area contributed by atoms with Crippen LogP contribution in [0.25, 0.3) is 5.57 Å².